The SMILES string of the molecule is O=C(O)C[C@@H]1[C@@H](CCCCCCCCO)[C@H](OC(=O)c2ccc(-c3ccccc3)cc2)C[C@@H]1O. The molecule has 0 amide bonds. The largest absolute Gasteiger partial charge is 0.481 e. The Morgan fingerprint density at radius 1 is 0.824 bits per heavy atom. The van der Waals surface area contributed by atoms with Crippen molar-refractivity contribution in [1.29, 1.82) is 0 Å². The van der Waals surface area contributed by atoms with Crippen LogP contribution in [0.1, 0.15) is 68.1 Å². The molecule has 0 aliphatic heterocycles. The van der Waals surface area contributed by atoms with Crippen LogP contribution in [0.3, 0.4) is 0 Å². The van der Waals surface area contributed by atoms with Gasteiger partial charge in [0.1, 0.15) is 6.10 Å². The summed E-state index contributed by atoms with van der Waals surface area (Å²) in [6, 6.07) is 17.2. The van der Waals surface area contributed by atoms with Crippen LogP contribution in [0.5, 0.6) is 0 Å². The van der Waals surface area contributed by atoms with Crippen LogP contribution in [0, 0.1) is 11.8 Å². The Bertz CT molecular complexity index is 895. The highest BCUT2D eigenvalue weighted by Gasteiger charge is 2.45. The average molecular weight is 469 g/mol. The third-order valence-electron chi connectivity index (χ3n) is 6.84. The number of aliphatic hydroxyl groups is 2. The molecule has 1 aliphatic carbocycles. The van der Waals surface area contributed by atoms with Crippen LogP contribution in [0.4, 0.5) is 0 Å². The lowest BCUT2D eigenvalue weighted by atomic mass is 9.86. The van der Waals surface area contributed by atoms with Gasteiger partial charge >= 0.3 is 11.9 Å². The Labute approximate surface area is 201 Å². The molecule has 34 heavy (non-hydrogen) atoms. The molecule has 0 spiro atoms. The van der Waals surface area contributed by atoms with E-state index < -0.39 is 30.1 Å². The van der Waals surface area contributed by atoms with Crippen molar-refractivity contribution in [1.82, 2.24) is 0 Å². The number of carbonyl (C=O) groups excluding carboxylic acids is 1. The van der Waals surface area contributed by atoms with Gasteiger partial charge in [0.2, 0.25) is 0 Å². The van der Waals surface area contributed by atoms with Crippen LogP contribution in [-0.2, 0) is 9.53 Å². The first-order chi connectivity index (χ1) is 16.5. The maximum absolute atomic E-state index is 12.9. The van der Waals surface area contributed by atoms with Crippen LogP contribution in [0.2, 0.25) is 0 Å². The summed E-state index contributed by atoms with van der Waals surface area (Å²) in [7, 11) is 0. The van der Waals surface area contributed by atoms with E-state index in [0.29, 0.717) is 5.56 Å². The molecule has 1 fully saturated rings. The van der Waals surface area contributed by atoms with Crippen LogP contribution in [0.25, 0.3) is 11.1 Å². The van der Waals surface area contributed by atoms with Crippen molar-refractivity contribution in [3.8, 4) is 11.1 Å². The lowest BCUT2D eigenvalue weighted by Gasteiger charge is -2.24. The van der Waals surface area contributed by atoms with E-state index in [1.807, 2.05) is 42.5 Å². The molecule has 1 saturated carbocycles. The standard InChI is InChI=1S/C28H36O6/c29-17-9-4-2-1-3-8-12-23-24(18-27(31)32)25(30)19-26(23)34-28(33)22-15-13-21(14-16-22)20-10-6-5-7-11-20/h5-7,10-11,13-16,23-26,29-30H,1-4,8-9,12,17-19H2,(H,31,32)/t23-,24-,25+,26-/m1/s1. The molecule has 3 N–H and O–H groups in total. The lowest BCUT2D eigenvalue weighted by Crippen LogP contribution is -2.27. The second-order valence-electron chi connectivity index (χ2n) is 9.25. The van der Waals surface area contributed by atoms with Crippen molar-refractivity contribution in [2.24, 2.45) is 11.8 Å². The number of aliphatic hydroxyl groups excluding tert-OH is 2. The molecule has 2 aromatic carbocycles. The van der Waals surface area contributed by atoms with Gasteiger partial charge in [-0.2, -0.15) is 0 Å². The summed E-state index contributed by atoms with van der Waals surface area (Å²) < 4.78 is 5.83. The maximum Gasteiger partial charge on any atom is 0.338 e. The van der Waals surface area contributed by atoms with Crippen molar-refractivity contribution >= 4 is 11.9 Å². The first kappa shape index (κ1) is 25.9. The van der Waals surface area contributed by atoms with Crippen molar-refractivity contribution in [2.75, 3.05) is 6.61 Å². The summed E-state index contributed by atoms with van der Waals surface area (Å²) >= 11 is 0. The number of carbonyl (C=O) groups is 2. The monoisotopic (exact) mass is 468 g/mol. The van der Waals surface area contributed by atoms with Gasteiger partial charge < -0.3 is 20.1 Å². The Hall–Kier alpha value is -2.70. The second kappa shape index (κ2) is 13.3. The molecule has 3 rings (SSSR count). The Morgan fingerprint density at radius 3 is 2.09 bits per heavy atom. The molecular formula is C28H36O6. The van der Waals surface area contributed by atoms with Crippen LogP contribution < -0.4 is 0 Å². The summed E-state index contributed by atoms with van der Waals surface area (Å²) in [5.74, 6) is -1.97. The third kappa shape index (κ3) is 7.40. The molecule has 0 heterocycles. The van der Waals surface area contributed by atoms with Crippen LogP contribution >= 0.6 is 0 Å². The molecule has 2 aromatic rings. The highest BCUT2D eigenvalue weighted by molar-refractivity contribution is 5.90. The number of hydrogen-bond acceptors (Lipinski definition) is 5. The van der Waals surface area contributed by atoms with E-state index in [2.05, 4.69) is 0 Å². The average Bonchev–Trinajstić information content (AvgIpc) is 3.12. The number of hydrogen-bond donors (Lipinski definition) is 3. The third-order valence-corrected chi connectivity index (χ3v) is 6.84. The van der Waals surface area contributed by atoms with Gasteiger partial charge in [-0.1, -0.05) is 74.6 Å². The zero-order chi connectivity index (χ0) is 24.3. The number of carboxylic acid groups (broad SMARTS) is 1. The van der Waals surface area contributed by atoms with Gasteiger partial charge in [-0.15, -0.1) is 0 Å². The number of carboxylic acids is 1. The molecule has 6 nitrogen and oxygen atoms in total. The van der Waals surface area contributed by atoms with E-state index in [4.69, 9.17) is 9.84 Å². The summed E-state index contributed by atoms with van der Waals surface area (Å²) in [6.45, 7) is 0.221. The zero-order valence-corrected chi connectivity index (χ0v) is 19.6. The number of benzene rings is 2. The fourth-order valence-electron chi connectivity index (χ4n) is 5.01. The molecule has 4 atom stereocenters. The van der Waals surface area contributed by atoms with E-state index >= 15 is 0 Å². The molecule has 1 aliphatic rings. The summed E-state index contributed by atoms with van der Waals surface area (Å²) in [5.41, 5.74) is 2.51. The normalized spacial score (nSPS) is 21.9. The predicted molar refractivity (Wildman–Crippen MR) is 130 cm³/mol. The van der Waals surface area contributed by atoms with Gasteiger partial charge in [0, 0.05) is 24.9 Å². The quantitative estimate of drug-likeness (QED) is 0.280. The molecule has 0 radical (unpaired) electrons. The lowest BCUT2D eigenvalue weighted by molar-refractivity contribution is -0.139. The first-order valence-electron chi connectivity index (χ1n) is 12.4. The summed E-state index contributed by atoms with van der Waals surface area (Å²) in [5, 5.41) is 28.7. The van der Waals surface area contributed by atoms with E-state index in [1.165, 1.54) is 0 Å². The number of rotatable bonds is 13. The smallest absolute Gasteiger partial charge is 0.338 e. The van der Waals surface area contributed by atoms with Gasteiger partial charge in [0.05, 0.1) is 18.1 Å². The van der Waals surface area contributed by atoms with E-state index in [1.54, 1.807) is 12.1 Å². The number of ether oxygens (including phenoxy) is 1. The van der Waals surface area contributed by atoms with Crippen molar-refractivity contribution < 1.29 is 29.6 Å². The van der Waals surface area contributed by atoms with Gasteiger partial charge in [-0.3, -0.25) is 4.79 Å². The highest BCUT2D eigenvalue weighted by Crippen LogP contribution is 2.40. The molecule has 0 bridgehead atoms. The van der Waals surface area contributed by atoms with E-state index in [0.717, 1.165) is 56.1 Å². The number of aliphatic carboxylic acids is 1. The minimum atomic E-state index is -0.943. The molecule has 0 saturated heterocycles. The van der Waals surface area contributed by atoms with Crippen molar-refractivity contribution in [3.05, 3.63) is 60.2 Å². The highest BCUT2D eigenvalue weighted by atomic mass is 16.5. The topological polar surface area (TPSA) is 104 Å². The second-order valence-corrected chi connectivity index (χ2v) is 9.25. The summed E-state index contributed by atoms with van der Waals surface area (Å²) in [4.78, 5) is 24.2. The van der Waals surface area contributed by atoms with E-state index in [-0.39, 0.29) is 25.4 Å². The van der Waals surface area contributed by atoms with Gasteiger partial charge in [0.25, 0.3) is 0 Å². The van der Waals surface area contributed by atoms with Gasteiger partial charge in [-0.05, 0) is 36.1 Å². The van der Waals surface area contributed by atoms with Crippen molar-refractivity contribution in [3.63, 3.8) is 0 Å². The zero-order valence-electron chi connectivity index (χ0n) is 19.6. The Balaban J connectivity index is 1.60. The molecule has 184 valence electrons. The number of esters is 1. The molecule has 0 aromatic heterocycles. The molecule has 0 unspecified atom stereocenters. The fourth-order valence-corrected chi connectivity index (χ4v) is 5.01. The molecular weight excluding hydrogens is 432 g/mol. The Morgan fingerprint density at radius 2 is 1.44 bits per heavy atom. The van der Waals surface area contributed by atoms with E-state index in [9.17, 15) is 19.8 Å². The number of unbranched alkanes of at least 4 members (excludes halogenated alkanes) is 5. The minimum absolute atomic E-state index is 0.123. The fraction of sp³-hybridized carbons (Fsp3) is 0.500. The predicted octanol–water partition coefficient (Wildman–Crippen LogP) is 5.07. The van der Waals surface area contributed by atoms with Gasteiger partial charge in [-0.25, -0.2) is 4.79 Å². The minimum Gasteiger partial charge on any atom is -0.481 e. The Kier molecular flexibility index (Phi) is 10.1. The summed E-state index contributed by atoms with van der Waals surface area (Å²) in [6.07, 6.45) is 5.42. The maximum atomic E-state index is 12.9. The van der Waals surface area contributed by atoms with Crippen molar-refractivity contribution in [2.45, 2.75) is 70.0 Å². The van der Waals surface area contributed by atoms with Gasteiger partial charge in [0.15, 0.2) is 0 Å². The molecule has 6 heteroatoms. The van der Waals surface area contributed by atoms with Crippen LogP contribution in [-0.4, -0.2) is 46.1 Å². The van der Waals surface area contributed by atoms with Crippen LogP contribution in [0.15, 0.2) is 54.6 Å². The first-order valence-corrected chi connectivity index (χ1v) is 12.4.